The van der Waals surface area contributed by atoms with Crippen LogP contribution in [0.5, 0.6) is 0 Å². The van der Waals surface area contributed by atoms with Gasteiger partial charge < -0.3 is 10.4 Å². The number of amides is 1. The maximum absolute atomic E-state index is 12.2. The van der Waals surface area contributed by atoms with Gasteiger partial charge in [0.2, 0.25) is 0 Å². The number of aliphatic hydroxyl groups is 1. The Kier molecular flexibility index (Phi) is 5.92. The van der Waals surface area contributed by atoms with E-state index < -0.39 is 41.8 Å². The van der Waals surface area contributed by atoms with Gasteiger partial charge in [-0.2, -0.15) is 4.80 Å². The van der Waals surface area contributed by atoms with Crippen LogP contribution in [0.2, 0.25) is 0 Å². The third kappa shape index (κ3) is 4.56. The molecule has 2 aromatic heterocycles. The van der Waals surface area contributed by atoms with Gasteiger partial charge in [0.15, 0.2) is 5.82 Å². The van der Waals surface area contributed by atoms with E-state index in [0.29, 0.717) is 4.57 Å². The van der Waals surface area contributed by atoms with E-state index in [2.05, 4.69) is 15.4 Å². The lowest BCUT2D eigenvalue weighted by molar-refractivity contribution is 0.0888. The second-order valence-corrected chi connectivity index (χ2v) is 5.53. The minimum absolute atomic E-state index is 0.0937. The normalized spacial score (nSPS) is 12.4. The number of carbonyl (C=O) groups is 1. The monoisotopic (exact) mass is 373 g/mol. The van der Waals surface area contributed by atoms with Gasteiger partial charge in [0, 0.05) is 13.2 Å². The van der Waals surface area contributed by atoms with Gasteiger partial charge in [-0.05, 0) is 12.1 Å². The summed E-state index contributed by atoms with van der Waals surface area (Å²) in [5.41, 5.74) is -2.12. The van der Waals surface area contributed by atoms with Crippen molar-refractivity contribution in [2.75, 3.05) is 6.54 Å². The first kappa shape index (κ1) is 19.4. The first-order chi connectivity index (χ1) is 12.2. The third-order valence-corrected chi connectivity index (χ3v) is 3.25. The molecular formula is C13H17F2N7O4. The molecule has 2 heterocycles. The van der Waals surface area contributed by atoms with Gasteiger partial charge in [-0.25, -0.2) is 13.6 Å². The molecular weight excluding hydrogens is 356 g/mol. The van der Waals surface area contributed by atoms with Crippen molar-refractivity contribution in [1.29, 1.82) is 0 Å². The zero-order valence-corrected chi connectivity index (χ0v) is 14.0. The summed E-state index contributed by atoms with van der Waals surface area (Å²) >= 11 is 0. The van der Waals surface area contributed by atoms with Gasteiger partial charge in [0.1, 0.15) is 5.56 Å². The van der Waals surface area contributed by atoms with Gasteiger partial charge >= 0.3 is 5.69 Å². The number of nitrogens with zero attached hydrogens (tertiary/aromatic N) is 6. The summed E-state index contributed by atoms with van der Waals surface area (Å²) in [4.78, 5) is 37.2. The lowest BCUT2D eigenvalue weighted by Crippen LogP contribution is -2.43. The zero-order valence-electron chi connectivity index (χ0n) is 14.0. The van der Waals surface area contributed by atoms with Crippen LogP contribution < -0.4 is 16.6 Å². The molecule has 0 spiro atoms. The summed E-state index contributed by atoms with van der Waals surface area (Å²) in [5, 5.41) is 22.6. The number of hydrogen-bond donors (Lipinski definition) is 2. The maximum atomic E-state index is 12.2. The molecule has 1 atom stereocenters. The molecule has 0 aliphatic carbocycles. The number of alkyl halides is 2. The average molecular weight is 373 g/mol. The summed E-state index contributed by atoms with van der Waals surface area (Å²) in [7, 11) is 1.16. The summed E-state index contributed by atoms with van der Waals surface area (Å²) in [5.74, 6) is -0.921. The summed E-state index contributed by atoms with van der Waals surface area (Å²) in [6.45, 7) is 0.499. The van der Waals surface area contributed by atoms with Gasteiger partial charge in [-0.3, -0.25) is 18.7 Å². The molecule has 142 valence electrons. The molecule has 0 aliphatic rings. The molecule has 13 heteroatoms. The van der Waals surface area contributed by atoms with E-state index in [-0.39, 0.29) is 18.9 Å². The Balaban J connectivity index is 2.31. The Morgan fingerprint density at radius 3 is 2.69 bits per heavy atom. The minimum atomic E-state index is -2.78. The molecule has 0 fully saturated rings. The van der Waals surface area contributed by atoms with Crippen molar-refractivity contribution < 1.29 is 18.7 Å². The minimum Gasteiger partial charge on any atom is -0.391 e. The van der Waals surface area contributed by atoms with Crippen LogP contribution in [0.4, 0.5) is 8.78 Å². The fourth-order valence-electron chi connectivity index (χ4n) is 2.07. The second-order valence-electron chi connectivity index (χ2n) is 5.53. The fraction of sp³-hybridized carbons (Fsp3) is 0.538. The van der Waals surface area contributed by atoms with Gasteiger partial charge in [0.05, 0.1) is 25.7 Å². The average Bonchev–Trinajstić information content (AvgIpc) is 2.99. The molecule has 2 N–H and O–H groups in total. The number of nitrogens with one attached hydrogen (secondary N) is 1. The van der Waals surface area contributed by atoms with Crippen LogP contribution in [0, 0.1) is 0 Å². The largest absolute Gasteiger partial charge is 0.391 e. The van der Waals surface area contributed by atoms with Crippen LogP contribution in [-0.4, -0.2) is 59.4 Å². The molecule has 26 heavy (non-hydrogen) atoms. The molecule has 0 radical (unpaired) electrons. The molecule has 11 nitrogen and oxygen atoms in total. The SMILES string of the molecule is C[C@@H](O)Cn1nnc(Cn2cc(C(=O)NCC(F)F)c(=O)n(C)c2=O)n1. The Hall–Kier alpha value is -2.96. The lowest BCUT2D eigenvalue weighted by atomic mass is 10.3. The Morgan fingerprint density at radius 2 is 2.08 bits per heavy atom. The number of rotatable bonds is 7. The van der Waals surface area contributed by atoms with Crippen LogP contribution in [0.1, 0.15) is 23.1 Å². The Bertz CT molecular complexity index is 903. The van der Waals surface area contributed by atoms with E-state index in [0.717, 1.165) is 22.6 Å². The fourth-order valence-corrected chi connectivity index (χ4v) is 2.07. The molecule has 0 unspecified atom stereocenters. The number of hydrogen-bond acceptors (Lipinski definition) is 7. The standard InChI is InChI=1S/C13H17F2N7O4/c1-7(23)4-22-18-10(17-19-22)6-21-5-8(11(24)16-3-9(14)15)12(25)20(2)13(21)26/h5,7,9,23H,3-4,6H2,1-2H3,(H,16,24)/t7-/m1/s1. The first-order valence-corrected chi connectivity index (χ1v) is 7.50. The number of tetrazole rings is 1. The molecule has 0 saturated carbocycles. The number of halogens is 2. The van der Waals surface area contributed by atoms with Crippen LogP contribution in [0.3, 0.4) is 0 Å². The maximum Gasteiger partial charge on any atom is 0.331 e. The summed E-state index contributed by atoms with van der Waals surface area (Å²) < 4.78 is 26.1. The molecule has 0 saturated heterocycles. The number of aromatic nitrogens is 6. The molecule has 0 bridgehead atoms. The highest BCUT2D eigenvalue weighted by molar-refractivity contribution is 5.93. The molecule has 0 aromatic carbocycles. The van der Waals surface area contributed by atoms with Crippen LogP contribution in [0.25, 0.3) is 0 Å². The van der Waals surface area contributed by atoms with Crippen LogP contribution in [0.15, 0.2) is 15.8 Å². The van der Waals surface area contributed by atoms with E-state index in [1.54, 1.807) is 0 Å². The van der Waals surface area contributed by atoms with Crippen molar-refractivity contribution in [1.82, 2.24) is 34.7 Å². The van der Waals surface area contributed by atoms with E-state index in [1.165, 1.54) is 6.92 Å². The van der Waals surface area contributed by atoms with Gasteiger partial charge in [0.25, 0.3) is 17.9 Å². The number of carbonyl (C=O) groups excluding carboxylic acids is 1. The van der Waals surface area contributed by atoms with E-state index in [4.69, 9.17) is 0 Å². The van der Waals surface area contributed by atoms with Gasteiger partial charge in [-0.1, -0.05) is 0 Å². The van der Waals surface area contributed by atoms with E-state index in [9.17, 15) is 28.3 Å². The predicted octanol–water partition coefficient (Wildman–Crippen LogP) is -2.04. The highest BCUT2D eigenvalue weighted by Crippen LogP contribution is 1.96. The van der Waals surface area contributed by atoms with Crippen molar-refractivity contribution in [3.8, 4) is 0 Å². The van der Waals surface area contributed by atoms with Crippen molar-refractivity contribution in [2.24, 2.45) is 7.05 Å². The third-order valence-electron chi connectivity index (χ3n) is 3.25. The predicted molar refractivity (Wildman–Crippen MR) is 82.9 cm³/mol. The summed E-state index contributed by atoms with van der Waals surface area (Å²) in [6, 6.07) is 0. The first-order valence-electron chi connectivity index (χ1n) is 7.50. The van der Waals surface area contributed by atoms with E-state index in [1.807, 2.05) is 5.32 Å². The topological polar surface area (TPSA) is 137 Å². The van der Waals surface area contributed by atoms with Crippen molar-refractivity contribution in [3.05, 3.63) is 38.4 Å². The van der Waals surface area contributed by atoms with E-state index >= 15 is 0 Å². The Labute approximate surface area is 144 Å². The molecule has 2 rings (SSSR count). The van der Waals surface area contributed by atoms with Crippen molar-refractivity contribution >= 4 is 5.91 Å². The second kappa shape index (κ2) is 7.95. The molecule has 1 amide bonds. The lowest BCUT2D eigenvalue weighted by Gasteiger charge is -2.09. The highest BCUT2D eigenvalue weighted by atomic mass is 19.3. The zero-order chi connectivity index (χ0) is 19.4. The van der Waals surface area contributed by atoms with Crippen LogP contribution in [-0.2, 0) is 20.1 Å². The number of aliphatic hydroxyl groups excluding tert-OH is 1. The van der Waals surface area contributed by atoms with Crippen molar-refractivity contribution in [2.45, 2.75) is 32.5 Å². The highest BCUT2D eigenvalue weighted by Gasteiger charge is 2.18. The molecule has 0 aliphatic heterocycles. The summed E-state index contributed by atoms with van der Waals surface area (Å²) in [6.07, 6.45) is -2.52. The van der Waals surface area contributed by atoms with Crippen molar-refractivity contribution in [3.63, 3.8) is 0 Å². The van der Waals surface area contributed by atoms with Gasteiger partial charge in [-0.15, -0.1) is 10.2 Å². The van der Waals surface area contributed by atoms with Crippen LogP contribution >= 0.6 is 0 Å². The Morgan fingerprint density at radius 1 is 1.38 bits per heavy atom. The smallest absolute Gasteiger partial charge is 0.331 e. The quantitative estimate of drug-likeness (QED) is 0.570. The molecule has 2 aromatic rings.